The number of nitrogens with one attached hydrogen (secondary N) is 2. The normalized spacial score (nSPS) is 10.4. The Morgan fingerprint density at radius 2 is 1.75 bits per heavy atom. The Morgan fingerprint density at radius 3 is 2.42 bits per heavy atom. The molecule has 2 N–H and O–H groups in total. The van der Waals surface area contributed by atoms with Crippen LogP contribution in [0.15, 0.2) is 59.7 Å². The van der Waals surface area contributed by atoms with E-state index in [0.717, 1.165) is 16.9 Å². The average molecular weight is 325 g/mol. The SMILES string of the molecule is COc1ccc(C=NNC(=O)CNC(=O)Cc2ccccc2)cc1. The van der Waals surface area contributed by atoms with Crippen LogP contribution in [-0.4, -0.2) is 31.7 Å². The number of amides is 2. The topological polar surface area (TPSA) is 79.8 Å². The number of carbonyl (C=O) groups is 2. The molecule has 0 saturated heterocycles. The van der Waals surface area contributed by atoms with Crippen molar-refractivity contribution in [1.29, 1.82) is 0 Å². The zero-order valence-corrected chi connectivity index (χ0v) is 13.4. The number of carbonyl (C=O) groups excluding carboxylic acids is 2. The van der Waals surface area contributed by atoms with Crippen LogP contribution in [0.5, 0.6) is 5.75 Å². The van der Waals surface area contributed by atoms with E-state index in [-0.39, 0.29) is 24.8 Å². The molecule has 6 heteroatoms. The van der Waals surface area contributed by atoms with Gasteiger partial charge in [-0.15, -0.1) is 0 Å². The van der Waals surface area contributed by atoms with Crippen molar-refractivity contribution in [3.63, 3.8) is 0 Å². The number of rotatable bonds is 7. The van der Waals surface area contributed by atoms with Crippen LogP contribution in [0.1, 0.15) is 11.1 Å². The first-order valence-corrected chi connectivity index (χ1v) is 7.44. The Kier molecular flexibility index (Phi) is 6.52. The zero-order chi connectivity index (χ0) is 17.2. The number of ether oxygens (including phenoxy) is 1. The van der Waals surface area contributed by atoms with E-state index in [4.69, 9.17) is 4.74 Å². The van der Waals surface area contributed by atoms with E-state index >= 15 is 0 Å². The highest BCUT2D eigenvalue weighted by molar-refractivity contribution is 5.87. The third-order valence-corrected chi connectivity index (χ3v) is 3.17. The minimum Gasteiger partial charge on any atom is -0.497 e. The van der Waals surface area contributed by atoms with Gasteiger partial charge in [-0.2, -0.15) is 5.10 Å². The van der Waals surface area contributed by atoms with Crippen LogP contribution in [0, 0.1) is 0 Å². The second kappa shape index (κ2) is 9.09. The van der Waals surface area contributed by atoms with Crippen LogP contribution in [0.2, 0.25) is 0 Å². The van der Waals surface area contributed by atoms with Crippen LogP contribution in [0.3, 0.4) is 0 Å². The van der Waals surface area contributed by atoms with Gasteiger partial charge in [0.2, 0.25) is 5.91 Å². The van der Waals surface area contributed by atoms with E-state index in [1.807, 2.05) is 42.5 Å². The van der Waals surface area contributed by atoms with Gasteiger partial charge in [-0.1, -0.05) is 30.3 Å². The molecule has 0 aliphatic rings. The molecular weight excluding hydrogens is 306 g/mol. The number of methoxy groups -OCH3 is 1. The largest absolute Gasteiger partial charge is 0.497 e. The molecule has 0 saturated carbocycles. The highest BCUT2D eigenvalue weighted by Gasteiger charge is 2.05. The Labute approximate surface area is 140 Å². The van der Waals surface area contributed by atoms with Gasteiger partial charge in [-0.25, -0.2) is 5.43 Å². The first kappa shape index (κ1) is 17.2. The van der Waals surface area contributed by atoms with Crippen molar-refractivity contribution in [1.82, 2.24) is 10.7 Å². The second-order valence-corrected chi connectivity index (χ2v) is 5.01. The van der Waals surface area contributed by atoms with E-state index in [1.54, 1.807) is 19.2 Å². The first-order chi connectivity index (χ1) is 11.7. The van der Waals surface area contributed by atoms with Gasteiger partial charge >= 0.3 is 0 Å². The summed E-state index contributed by atoms with van der Waals surface area (Å²) >= 11 is 0. The van der Waals surface area contributed by atoms with E-state index in [0.29, 0.717) is 0 Å². The van der Waals surface area contributed by atoms with Crippen molar-refractivity contribution in [2.24, 2.45) is 5.10 Å². The Morgan fingerprint density at radius 1 is 1.04 bits per heavy atom. The number of hydrogen-bond donors (Lipinski definition) is 2. The van der Waals surface area contributed by atoms with E-state index in [9.17, 15) is 9.59 Å². The molecule has 0 atom stereocenters. The van der Waals surface area contributed by atoms with E-state index in [2.05, 4.69) is 15.8 Å². The van der Waals surface area contributed by atoms with Crippen LogP contribution in [0.4, 0.5) is 0 Å². The van der Waals surface area contributed by atoms with Crippen molar-refractivity contribution in [3.8, 4) is 5.75 Å². The highest BCUT2D eigenvalue weighted by atomic mass is 16.5. The predicted molar refractivity (Wildman–Crippen MR) is 91.9 cm³/mol. The van der Waals surface area contributed by atoms with Crippen LogP contribution in [0.25, 0.3) is 0 Å². The van der Waals surface area contributed by atoms with E-state index in [1.165, 1.54) is 6.21 Å². The Hall–Kier alpha value is -3.15. The summed E-state index contributed by atoms with van der Waals surface area (Å²) < 4.78 is 5.05. The summed E-state index contributed by atoms with van der Waals surface area (Å²) in [5.74, 6) is 0.147. The Balaban J connectivity index is 1.70. The van der Waals surface area contributed by atoms with Crippen LogP contribution < -0.4 is 15.5 Å². The molecule has 6 nitrogen and oxygen atoms in total. The maximum absolute atomic E-state index is 11.7. The van der Waals surface area contributed by atoms with Gasteiger partial charge in [-0.05, 0) is 35.4 Å². The summed E-state index contributed by atoms with van der Waals surface area (Å²) in [6.45, 7) is -0.119. The molecule has 0 spiro atoms. The van der Waals surface area contributed by atoms with Gasteiger partial charge < -0.3 is 10.1 Å². The molecule has 124 valence electrons. The lowest BCUT2D eigenvalue weighted by Gasteiger charge is -2.04. The molecule has 0 aliphatic carbocycles. The summed E-state index contributed by atoms with van der Waals surface area (Å²) in [5.41, 5.74) is 4.08. The summed E-state index contributed by atoms with van der Waals surface area (Å²) in [4.78, 5) is 23.4. The van der Waals surface area contributed by atoms with E-state index < -0.39 is 0 Å². The summed E-state index contributed by atoms with van der Waals surface area (Å²) in [7, 11) is 1.59. The Bertz CT molecular complexity index is 697. The molecule has 0 unspecified atom stereocenters. The maximum Gasteiger partial charge on any atom is 0.259 e. The lowest BCUT2D eigenvalue weighted by atomic mass is 10.1. The molecule has 24 heavy (non-hydrogen) atoms. The molecule has 0 aliphatic heterocycles. The van der Waals surface area contributed by atoms with Crippen molar-refractivity contribution < 1.29 is 14.3 Å². The summed E-state index contributed by atoms with van der Waals surface area (Å²) in [6, 6.07) is 16.6. The molecule has 2 rings (SSSR count). The fraction of sp³-hybridized carbons (Fsp3) is 0.167. The monoisotopic (exact) mass is 325 g/mol. The third-order valence-electron chi connectivity index (χ3n) is 3.17. The fourth-order valence-corrected chi connectivity index (χ4v) is 1.93. The van der Waals surface area contributed by atoms with Crippen molar-refractivity contribution in [2.45, 2.75) is 6.42 Å². The minimum absolute atomic E-state index is 0.119. The number of hydrazone groups is 1. The lowest BCUT2D eigenvalue weighted by Crippen LogP contribution is -2.35. The number of hydrogen-bond acceptors (Lipinski definition) is 4. The van der Waals surface area contributed by atoms with Gasteiger partial charge in [0.15, 0.2) is 0 Å². The zero-order valence-electron chi connectivity index (χ0n) is 13.4. The van der Waals surface area contributed by atoms with Crippen LogP contribution in [-0.2, 0) is 16.0 Å². The lowest BCUT2D eigenvalue weighted by molar-refractivity contribution is -0.125. The first-order valence-electron chi connectivity index (χ1n) is 7.44. The molecule has 0 radical (unpaired) electrons. The highest BCUT2D eigenvalue weighted by Crippen LogP contribution is 2.09. The molecule has 2 aromatic carbocycles. The predicted octanol–water partition coefficient (Wildman–Crippen LogP) is 1.50. The summed E-state index contributed by atoms with van der Waals surface area (Å²) in [5, 5.41) is 6.40. The fourth-order valence-electron chi connectivity index (χ4n) is 1.93. The summed E-state index contributed by atoms with van der Waals surface area (Å²) in [6.07, 6.45) is 1.76. The van der Waals surface area contributed by atoms with Gasteiger partial charge in [0.25, 0.3) is 5.91 Å². The number of nitrogens with zero attached hydrogens (tertiary/aromatic N) is 1. The average Bonchev–Trinajstić information content (AvgIpc) is 2.61. The van der Waals surface area contributed by atoms with Gasteiger partial charge in [0.05, 0.1) is 26.3 Å². The van der Waals surface area contributed by atoms with Crippen molar-refractivity contribution >= 4 is 18.0 Å². The van der Waals surface area contributed by atoms with Gasteiger partial charge in [0, 0.05) is 0 Å². The second-order valence-electron chi connectivity index (χ2n) is 5.01. The molecule has 0 heterocycles. The maximum atomic E-state index is 11.7. The molecule has 0 aromatic heterocycles. The van der Waals surface area contributed by atoms with Gasteiger partial charge in [0.1, 0.15) is 5.75 Å². The third kappa shape index (κ3) is 5.92. The van der Waals surface area contributed by atoms with Gasteiger partial charge in [-0.3, -0.25) is 9.59 Å². The molecule has 0 fully saturated rings. The smallest absolute Gasteiger partial charge is 0.259 e. The standard InChI is InChI=1S/C18H19N3O3/c1-24-16-9-7-15(8-10-16)12-20-21-18(23)13-19-17(22)11-14-5-3-2-4-6-14/h2-10,12H,11,13H2,1H3,(H,19,22)(H,21,23). The molecular formula is C18H19N3O3. The number of benzene rings is 2. The minimum atomic E-state index is -0.388. The van der Waals surface area contributed by atoms with Crippen molar-refractivity contribution in [2.75, 3.05) is 13.7 Å². The molecule has 2 amide bonds. The molecule has 2 aromatic rings. The quantitative estimate of drug-likeness (QED) is 0.598. The van der Waals surface area contributed by atoms with Crippen molar-refractivity contribution in [3.05, 3.63) is 65.7 Å². The van der Waals surface area contributed by atoms with Crippen LogP contribution >= 0.6 is 0 Å². The molecule has 0 bridgehead atoms.